The molecule has 1 unspecified atom stereocenters. The zero-order valence-corrected chi connectivity index (χ0v) is 11.7. The van der Waals surface area contributed by atoms with Crippen LogP contribution in [0.25, 0.3) is 0 Å². The third-order valence-electron chi connectivity index (χ3n) is 4.06. The van der Waals surface area contributed by atoms with Gasteiger partial charge < -0.3 is 4.90 Å². The Balaban J connectivity index is 1.97. The van der Waals surface area contributed by atoms with Crippen LogP contribution in [0.1, 0.15) is 35.3 Å². The van der Waals surface area contributed by atoms with Crippen LogP contribution < -0.4 is 4.90 Å². The molecule has 1 aromatic heterocycles. The van der Waals surface area contributed by atoms with Gasteiger partial charge in [-0.1, -0.05) is 24.3 Å². The Labute approximate surface area is 114 Å². The first kappa shape index (κ1) is 12.2. The molecule has 98 valence electrons. The Morgan fingerprint density at radius 1 is 1.21 bits per heavy atom. The number of fused-ring (bicyclic) bond motifs is 1. The highest BCUT2D eigenvalue weighted by atomic mass is 15.3. The summed E-state index contributed by atoms with van der Waals surface area (Å²) in [5.41, 5.74) is 5.07. The van der Waals surface area contributed by atoms with E-state index in [1.54, 1.807) is 0 Å². The van der Waals surface area contributed by atoms with E-state index in [9.17, 15) is 0 Å². The fourth-order valence-corrected chi connectivity index (χ4v) is 2.70. The van der Waals surface area contributed by atoms with Gasteiger partial charge in [0, 0.05) is 18.4 Å². The van der Waals surface area contributed by atoms with Gasteiger partial charge in [0.15, 0.2) is 0 Å². The molecule has 0 saturated heterocycles. The zero-order valence-electron chi connectivity index (χ0n) is 11.7. The number of benzene rings is 1. The minimum atomic E-state index is 0.340. The molecule has 0 N–H and O–H groups in total. The fraction of sp³-hybridized carbons (Fsp3) is 0.375. The topological polar surface area (TPSA) is 29.0 Å². The van der Waals surface area contributed by atoms with Gasteiger partial charge in [0.05, 0.1) is 6.04 Å². The Hall–Kier alpha value is -1.90. The molecule has 0 amide bonds. The molecule has 0 bridgehead atoms. The van der Waals surface area contributed by atoms with Crippen molar-refractivity contribution in [1.29, 1.82) is 0 Å². The van der Waals surface area contributed by atoms with E-state index in [0.717, 1.165) is 30.2 Å². The van der Waals surface area contributed by atoms with Crippen molar-refractivity contribution < 1.29 is 0 Å². The summed E-state index contributed by atoms with van der Waals surface area (Å²) in [6, 6.07) is 9.01. The van der Waals surface area contributed by atoms with Gasteiger partial charge in [0.2, 0.25) is 5.95 Å². The summed E-state index contributed by atoms with van der Waals surface area (Å²) >= 11 is 0. The molecule has 1 atom stereocenters. The van der Waals surface area contributed by atoms with Gasteiger partial charge in [-0.25, -0.2) is 9.97 Å². The Morgan fingerprint density at radius 2 is 2.00 bits per heavy atom. The van der Waals surface area contributed by atoms with Gasteiger partial charge in [-0.05, 0) is 43.9 Å². The summed E-state index contributed by atoms with van der Waals surface area (Å²) in [5.74, 6) is 0.852. The molecule has 19 heavy (non-hydrogen) atoms. The Bertz CT molecular complexity index is 607. The highest BCUT2D eigenvalue weighted by molar-refractivity contribution is 5.44. The first-order chi connectivity index (χ1) is 9.16. The molecule has 2 aromatic rings. The van der Waals surface area contributed by atoms with Gasteiger partial charge in [-0.3, -0.25) is 0 Å². The van der Waals surface area contributed by atoms with Gasteiger partial charge >= 0.3 is 0 Å². The molecular formula is C16H19N3. The van der Waals surface area contributed by atoms with Crippen LogP contribution in [0.4, 0.5) is 5.95 Å². The third kappa shape index (κ3) is 2.09. The van der Waals surface area contributed by atoms with E-state index < -0.39 is 0 Å². The smallest absolute Gasteiger partial charge is 0.226 e. The summed E-state index contributed by atoms with van der Waals surface area (Å²) in [5, 5.41) is 0. The van der Waals surface area contributed by atoms with Crippen LogP contribution >= 0.6 is 0 Å². The molecule has 3 rings (SSSR count). The number of hydrogen-bond acceptors (Lipinski definition) is 3. The summed E-state index contributed by atoms with van der Waals surface area (Å²) in [7, 11) is 0. The fourth-order valence-electron chi connectivity index (χ4n) is 2.70. The zero-order chi connectivity index (χ0) is 13.4. The molecule has 0 aliphatic carbocycles. The van der Waals surface area contributed by atoms with Crippen molar-refractivity contribution >= 4 is 5.95 Å². The van der Waals surface area contributed by atoms with Crippen LogP contribution in [0.5, 0.6) is 0 Å². The number of aromatic nitrogens is 2. The van der Waals surface area contributed by atoms with Gasteiger partial charge in [0.25, 0.3) is 0 Å². The second kappa shape index (κ2) is 4.65. The van der Waals surface area contributed by atoms with Gasteiger partial charge in [0.1, 0.15) is 0 Å². The summed E-state index contributed by atoms with van der Waals surface area (Å²) in [4.78, 5) is 11.4. The molecule has 0 fully saturated rings. The largest absolute Gasteiger partial charge is 0.334 e. The third-order valence-corrected chi connectivity index (χ3v) is 4.06. The Morgan fingerprint density at radius 3 is 2.79 bits per heavy atom. The van der Waals surface area contributed by atoms with E-state index in [4.69, 9.17) is 0 Å². The lowest BCUT2D eigenvalue weighted by Crippen LogP contribution is -2.35. The molecular weight excluding hydrogens is 234 g/mol. The normalized spacial score (nSPS) is 18.3. The average molecular weight is 253 g/mol. The molecule has 3 nitrogen and oxygen atoms in total. The molecule has 2 heterocycles. The van der Waals surface area contributed by atoms with Crippen LogP contribution in [0.3, 0.4) is 0 Å². The predicted octanol–water partition coefficient (Wildman–Crippen LogP) is 3.22. The maximum Gasteiger partial charge on any atom is 0.226 e. The quantitative estimate of drug-likeness (QED) is 0.781. The molecule has 1 aliphatic rings. The first-order valence-corrected chi connectivity index (χ1v) is 6.81. The van der Waals surface area contributed by atoms with Crippen molar-refractivity contribution in [3.63, 3.8) is 0 Å². The van der Waals surface area contributed by atoms with Crippen LogP contribution in [0.15, 0.2) is 30.5 Å². The molecule has 1 aliphatic heterocycles. The van der Waals surface area contributed by atoms with Crippen molar-refractivity contribution in [3.8, 4) is 0 Å². The highest BCUT2D eigenvalue weighted by Crippen LogP contribution is 2.31. The second-order valence-electron chi connectivity index (χ2n) is 5.26. The van der Waals surface area contributed by atoms with Crippen molar-refractivity contribution in [1.82, 2.24) is 9.97 Å². The maximum atomic E-state index is 4.63. The number of nitrogens with zero attached hydrogens (tertiary/aromatic N) is 3. The van der Waals surface area contributed by atoms with Crippen LogP contribution in [-0.2, 0) is 6.42 Å². The van der Waals surface area contributed by atoms with Crippen molar-refractivity contribution in [3.05, 3.63) is 52.8 Å². The minimum Gasteiger partial charge on any atom is -0.334 e. The maximum absolute atomic E-state index is 4.63. The highest BCUT2D eigenvalue weighted by Gasteiger charge is 2.25. The van der Waals surface area contributed by atoms with Crippen molar-refractivity contribution in [2.45, 2.75) is 33.2 Å². The lowest BCUT2D eigenvalue weighted by molar-refractivity contribution is 0.607. The summed E-state index contributed by atoms with van der Waals surface area (Å²) in [6.07, 6.45) is 2.99. The van der Waals surface area contributed by atoms with Gasteiger partial charge in [-0.15, -0.1) is 0 Å². The Kier molecular flexibility index (Phi) is 2.97. The monoisotopic (exact) mass is 253 g/mol. The number of rotatable bonds is 1. The SMILES string of the molecule is Cc1cnc(N2CCc3ccccc3C2C)nc1C. The standard InChI is InChI=1S/C16H19N3/c1-11-10-17-16(18-12(11)2)19-9-8-14-6-4-5-7-15(14)13(19)3/h4-7,10,13H,8-9H2,1-3H3. The molecule has 0 saturated carbocycles. The molecule has 0 spiro atoms. The number of aryl methyl sites for hydroxylation is 2. The van der Waals surface area contributed by atoms with Crippen molar-refractivity contribution in [2.24, 2.45) is 0 Å². The van der Waals surface area contributed by atoms with E-state index >= 15 is 0 Å². The molecule has 1 aromatic carbocycles. The predicted molar refractivity (Wildman–Crippen MR) is 77.4 cm³/mol. The van der Waals surface area contributed by atoms with E-state index in [0.29, 0.717) is 6.04 Å². The first-order valence-electron chi connectivity index (χ1n) is 6.81. The van der Waals surface area contributed by atoms with Crippen LogP contribution in [0.2, 0.25) is 0 Å². The van der Waals surface area contributed by atoms with E-state index in [-0.39, 0.29) is 0 Å². The molecule has 3 heteroatoms. The van der Waals surface area contributed by atoms with E-state index in [2.05, 4.69) is 46.1 Å². The summed E-state index contributed by atoms with van der Waals surface area (Å²) in [6.45, 7) is 7.31. The lowest BCUT2D eigenvalue weighted by Gasteiger charge is -2.35. The van der Waals surface area contributed by atoms with Crippen molar-refractivity contribution in [2.75, 3.05) is 11.4 Å². The van der Waals surface area contributed by atoms with Crippen LogP contribution in [0, 0.1) is 13.8 Å². The number of hydrogen-bond donors (Lipinski definition) is 0. The van der Waals surface area contributed by atoms with Crippen LogP contribution in [-0.4, -0.2) is 16.5 Å². The minimum absolute atomic E-state index is 0.340. The molecule has 0 radical (unpaired) electrons. The van der Waals surface area contributed by atoms with Gasteiger partial charge in [-0.2, -0.15) is 0 Å². The number of anilines is 1. The summed E-state index contributed by atoms with van der Waals surface area (Å²) < 4.78 is 0. The van der Waals surface area contributed by atoms with E-state index in [1.807, 2.05) is 20.0 Å². The lowest BCUT2D eigenvalue weighted by atomic mass is 9.94. The second-order valence-corrected chi connectivity index (χ2v) is 5.26. The van der Waals surface area contributed by atoms with E-state index in [1.165, 1.54) is 11.1 Å². The average Bonchev–Trinajstić information content (AvgIpc) is 2.43.